The highest BCUT2D eigenvalue weighted by Crippen LogP contribution is 2.28. The van der Waals surface area contributed by atoms with Crippen molar-refractivity contribution >= 4 is 6.20 Å². The number of fused-ring (bicyclic) bond motifs is 1. The average molecular weight is 336 g/mol. The van der Waals surface area contributed by atoms with E-state index in [-0.39, 0.29) is 0 Å². The summed E-state index contributed by atoms with van der Waals surface area (Å²) in [6.45, 7) is 10.6. The second-order valence-corrected chi connectivity index (χ2v) is 7.45. The van der Waals surface area contributed by atoms with Gasteiger partial charge in [-0.15, -0.1) is 0 Å². The number of benzene rings is 1. The largest absolute Gasteiger partial charge is 0.298 e. The maximum atomic E-state index is 4.44. The second-order valence-electron chi connectivity index (χ2n) is 7.45. The molecule has 4 heteroatoms. The number of hydrogen-bond acceptors (Lipinski definition) is 3. The monoisotopic (exact) mass is 336 g/mol. The molecule has 0 radical (unpaired) electrons. The van der Waals surface area contributed by atoms with Crippen LogP contribution in [0.5, 0.6) is 0 Å². The summed E-state index contributed by atoms with van der Waals surface area (Å²) in [6.07, 6.45) is 7.62. The van der Waals surface area contributed by atoms with Crippen molar-refractivity contribution < 1.29 is 0 Å². The minimum atomic E-state index is 0.572. The van der Waals surface area contributed by atoms with E-state index in [2.05, 4.69) is 58.7 Å². The van der Waals surface area contributed by atoms with Crippen LogP contribution in [-0.4, -0.2) is 51.3 Å². The molecule has 0 unspecified atom stereocenters. The Labute approximate surface area is 150 Å². The van der Waals surface area contributed by atoms with Gasteiger partial charge in [0.05, 0.1) is 6.20 Å². The van der Waals surface area contributed by atoms with E-state index < -0.39 is 0 Å². The van der Waals surface area contributed by atoms with E-state index in [9.17, 15) is 0 Å². The third kappa shape index (κ3) is 3.42. The Morgan fingerprint density at radius 2 is 2.08 bits per heavy atom. The SMILES string of the molecule is C=Cn1ncc(CN2C[C@@H]3CCCN3C[C@H]2Cc2ccccc2)c1C. The Hall–Kier alpha value is -1.91. The van der Waals surface area contributed by atoms with Gasteiger partial charge in [0.1, 0.15) is 0 Å². The summed E-state index contributed by atoms with van der Waals surface area (Å²) >= 11 is 0. The van der Waals surface area contributed by atoms with Crippen molar-refractivity contribution in [2.24, 2.45) is 0 Å². The normalized spacial score (nSPS) is 24.4. The topological polar surface area (TPSA) is 24.3 Å². The zero-order chi connectivity index (χ0) is 17.2. The van der Waals surface area contributed by atoms with Gasteiger partial charge < -0.3 is 0 Å². The summed E-state index contributed by atoms with van der Waals surface area (Å²) in [6, 6.07) is 12.2. The van der Waals surface area contributed by atoms with Crippen LogP contribution < -0.4 is 0 Å². The van der Waals surface area contributed by atoms with Gasteiger partial charge in [0.15, 0.2) is 0 Å². The van der Waals surface area contributed by atoms with Crippen molar-refractivity contribution in [3.8, 4) is 0 Å². The Bertz CT molecular complexity index is 721. The van der Waals surface area contributed by atoms with E-state index in [1.807, 2.05) is 10.9 Å². The molecule has 0 aliphatic carbocycles. The summed E-state index contributed by atoms with van der Waals surface area (Å²) in [7, 11) is 0. The number of piperazine rings is 1. The molecule has 0 spiro atoms. The molecular formula is C21H28N4. The van der Waals surface area contributed by atoms with E-state index in [1.54, 1.807) is 6.20 Å². The van der Waals surface area contributed by atoms with Gasteiger partial charge in [-0.25, -0.2) is 4.68 Å². The van der Waals surface area contributed by atoms with Gasteiger partial charge in [0.25, 0.3) is 0 Å². The molecule has 4 nitrogen and oxygen atoms in total. The number of aromatic nitrogens is 2. The molecule has 3 heterocycles. The van der Waals surface area contributed by atoms with E-state index in [0.717, 1.165) is 19.0 Å². The molecule has 2 fully saturated rings. The van der Waals surface area contributed by atoms with Crippen molar-refractivity contribution in [1.82, 2.24) is 19.6 Å². The molecule has 0 N–H and O–H groups in total. The maximum Gasteiger partial charge on any atom is 0.0541 e. The second kappa shape index (κ2) is 7.14. The summed E-state index contributed by atoms with van der Waals surface area (Å²) in [5, 5.41) is 4.44. The van der Waals surface area contributed by atoms with Gasteiger partial charge in [0.2, 0.25) is 0 Å². The van der Waals surface area contributed by atoms with Gasteiger partial charge in [-0.3, -0.25) is 9.80 Å². The lowest BCUT2D eigenvalue weighted by Gasteiger charge is -2.44. The Kier molecular flexibility index (Phi) is 4.73. The minimum absolute atomic E-state index is 0.572. The molecule has 2 atom stereocenters. The molecule has 4 rings (SSSR count). The fourth-order valence-corrected chi connectivity index (χ4v) is 4.44. The fourth-order valence-electron chi connectivity index (χ4n) is 4.44. The Morgan fingerprint density at radius 3 is 2.84 bits per heavy atom. The third-order valence-corrected chi connectivity index (χ3v) is 5.91. The highest BCUT2D eigenvalue weighted by atomic mass is 15.3. The van der Waals surface area contributed by atoms with E-state index >= 15 is 0 Å². The first kappa shape index (κ1) is 16.6. The third-order valence-electron chi connectivity index (χ3n) is 5.91. The van der Waals surface area contributed by atoms with E-state index in [1.165, 1.54) is 49.3 Å². The molecular weight excluding hydrogens is 308 g/mol. The zero-order valence-corrected chi connectivity index (χ0v) is 15.1. The molecule has 2 aliphatic heterocycles. The molecule has 0 bridgehead atoms. The van der Waals surface area contributed by atoms with Gasteiger partial charge in [-0.1, -0.05) is 36.9 Å². The molecule has 2 aromatic rings. The average Bonchev–Trinajstić information content (AvgIpc) is 3.22. The standard InChI is InChI=1S/C21H28N4/c1-3-25-17(2)19(13-22-25)14-24-15-20-10-7-11-23(20)16-21(24)12-18-8-5-4-6-9-18/h3-6,8-9,13,20-21H,1,7,10-12,14-16H2,2H3/t20-,21+/m0/s1. The Morgan fingerprint density at radius 1 is 1.24 bits per heavy atom. The van der Waals surface area contributed by atoms with E-state index in [0.29, 0.717) is 6.04 Å². The highest BCUT2D eigenvalue weighted by Gasteiger charge is 2.36. The number of nitrogens with zero attached hydrogens (tertiary/aromatic N) is 4. The summed E-state index contributed by atoms with van der Waals surface area (Å²) in [4.78, 5) is 5.40. The van der Waals surface area contributed by atoms with Crippen LogP contribution in [0.1, 0.15) is 29.7 Å². The molecule has 1 aromatic carbocycles. The Balaban J connectivity index is 1.54. The first-order valence-corrected chi connectivity index (χ1v) is 9.42. The van der Waals surface area contributed by atoms with Crippen LogP contribution in [0.4, 0.5) is 0 Å². The van der Waals surface area contributed by atoms with E-state index in [4.69, 9.17) is 0 Å². The van der Waals surface area contributed by atoms with Crippen molar-refractivity contribution in [1.29, 1.82) is 0 Å². The molecule has 132 valence electrons. The van der Waals surface area contributed by atoms with Crippen LogP contribution >= 0.6 is 0 Å². The molecule has 2 saturated heterocycles. The minimum Gasteiger partial charge on any atom is -0.298 e. The van der Waals surface area contributed by atoms with Gasteiger partial charge in [-0.05, 0) is 38.3 Å². The summed E-state index contributed by atoms with van der Waals surface area (Å²) < 4.78 is 1.88. The quantitative estimate of drug-likeness (QED) is 0.838. The molecule has 2 aliphatic rings. The smallest absolute Gasteiger partial charge is 0.0541 e. The molecule has 25 heavy (non-hydrogen) atoms. The molecule has 0 amide bonds. The van der Waals surface area contributed by atoms with Crippen LogP contribution in [0, 0.1) is 6.92 Å². The predicted molar refractivity (Wildman–Crippen MR) is 102 cm³/mol. The molecule has 1 aromatic heterocycles. The van der Waals surface area contributed by atoms with Crippen LogP contribution in [0.3, 0.4) is 0 Å². The first-order chi connectivity index (χ1) is 12.2. The zero-order valence-electron chi connectivity index (χ0n) is 15.1. The first-order valence-electron chi connectivity index (χ1n) is 9.42. The van der Waals surface area contributed by atoms with Crippen molar-refractivity contribution in [2.45, 2.75) is 44.8 Å². The van der Waals surface area contributed by atoms with Crippen molar-refractivity contribution in [3.05, 3.63) is 59.9 Å². The van der Waals surface area contributed by atoms with Crippen LogP contribution in [0.2, 0.25) is 0 Å². The van der Waals surface area contributed by atoms with Gasteiger partial charge in [-0.2, -0.15) is 5.10 Å². The van der Waals surface area contributed by atoms with Crippen molar-refractivity contribution in [2.75, 3.05) is 19.6 Å². The fraction of sp³-hybridized carbons (Fsp3) is 0.476. The van der Waals surface area contributed by atoms with Crippen molar-refractivity contribution in [3.63, 3.8) is 0 Å². The van der Waals surface area contributed by atoms with Gasteiger partial charge in [0, 0.05) is 49.2 Å². The maximum absolute atomic E-state index is 4.44. The number of hydrogen-bond donors (Lipinski definition) is 0. The number of rotatable bonds is 5. The highest BCUT2D eigenvalue weighted by molar-refractivity contribution is 5.26. The lowest BCUT2D eigenvalue weighted by atomic mass is 9.99. The predicted octanol–water partition coefficient (Wildman–Crippen LogP) is 3.18. The lowest BCUT2D eigenvalue weighted by Crippen LogP contribution is -2.56. The summed E-state index contributed by atoms with van der Waals surface area (Å²) in [5.74, 6) is 0. The lowest BCUT2D eigenvalue weighted by molar-refractivity contribution is 0.0454. The van der Waals surface area contributed by atoms with Gasteiger partial charge >= 0.3 is 0 Å². The van der Waals surface area contributed by atoms with Crippen LogP contribution in [0.15, 0.2) is 43.1 Å². The summed E-state index contributed by atoms with van der Waals surface area (Å²) in [5.41, 5.74) is 3.97. The molecule has 0 saturated carbocycles. The van der Waals surface area contributed by atoms with Crippen LogP contribution in [-0.2, 0) is 13.0 Å². The van der Waals surface area contributed by atoms with Crippen LogP contribution in [0.25, 0.3) is 6.20 Å².